The minimum Gasteiger partial charge on any atom is -0.168 e. The molecule has 4 heteroatoms. The molecule has 0 saturated heterocycles. The SMILES string of the molecule is CC(C)(C)c1cc[cH-]c1.C[Si](C)=[Hf]([Cl])[Cl].c1ccc2[cH-]ccc2c1. The Kier molecular flexibility index (Phi) is 9.81. The summed E-state index contributed by atoms with van der Waals surface area (Å²) in [6, 6.07) is 23.2. The minimum absolute atomic E-state index is 0.208. The molecule has 3 aromatic carbocycles. The summed E-state index contributed by atoms with van der Waals surface area (Å²) in [6.07, 6.45) is 0. The Balaban J connectivity index is 0.000000185. The van der Waals surface area contributed by atoms with Crippen LogP contribution in [0.2, 0.25) is 13.1 Å². The molecule has 0 amide bonds. The molecule has 0 radical (unpaired) electrons. The molecule has 0 aliphatic rings. The topological polar surface area (TPSA) is 0 Å². The molecule has 130 valence electrons. The summed E-state index contributed by atoms with van der Waals surface area (Å²) in [4.78, 5) is 0. The molecule has 3 rings (SSSR count). The van der Waals surface area contributed by atoms with Crippen molar-refractivity contribution in [3.8, 4) is 0 Å². The van der Waals surface area contributed by atoms with Crippen molar-refractivity contribution in [3.63, 3.8) is 0 Å². The molecule has 0 bridgehead atoms. The maximum atomic E-state index is 5.64. The van der Waals surface area contributed by atoms with E-state index in [-0.39, 0.29) is 5.49 Å². The molecule has 0 aliphatic heterocycles. The zero-order chi connectivity index (χ0) is 18.2. The Hall–Kier alpha value is -0.153. The van der Waals surface area contributed by atoms with Gasteiger partial charge in [0.25, 0.3) is 0 Å². The summed E-state index contributed by atoms with van der Waals surface area (Å²) in [6.45, 7) is 11.0. The fourth-order valence-electron chi connectivity index (χ4n) is 1.94. The average Bonchev–Trinajstić information content (AvgIpc) is 3.19. The number of hydrogen-bond donors (Lipinski definition) is 0. The normalized spacial score (nSPS) is 10.3. The van der Waals surface area contributed by atoms with Crippen molar-refractivity contribution in [2.75, 3.05) is 0 Å². The van der Waals surface area contributed by atoms with Crippen LogP contribution in [0.1, 0.15) is 26.3 Å². The summed E-state index contributed by atoms with van der Waals surface area (Å²) in [5, 5.41) is 2.66. The predicted octanol–water partition coefficient (Wildman–Crippen LogP) is 7.43. The smallest absolute Gasteiger partial charge is 0.0809 e. The monoisotopic (exact) mass is 544 g/mol. The van der Waals surface area contributed by atoms with Gasteiger partial charge in [0.2, 0.25) is 0 Å². The molecular formula is C20H26Cl2HfSi-2. The molecule has 0 N–H and O–H groups in total. The Bertz CT molecular complexity index is 701. The molecule has 0 saturated carbocycles. The molecule has 0 nitrogen and oxygen atoms in total. The van der Waals surface area contributed by atoms with Crippen LogP contribution in [-0.4, -0.2) is 5.49 Å². The van der Waals surface area contributed by atoms with Gasteiger partial charge in [-0.25, -0.2) is 6.07 Å². The maximum Gasteiger partial charge on any atom is -0.0809 e. The van der Waals surface area contributed by atoms with Crippen molar-refractivity contribution in [1.29, 1.82) is 0 Å². The van der Waals surface area contributed by atoms with Gasteiger partial charge in [-0.15, -0.1) is 29.7 Å². The largest absolute Gasteiger partial charge is 0.168 e. The molecular weight excluding hydrogens is 518 g/mol. The second-order valence-electron chi connectivity index (χ2n) is 6.84. The van der Waals surface area contributed by atoms with Crippen LogP contribution in [0.15, 0.2) is 66.7 Å². The fraction of sp³-hybridized carbons (Fsp3) is 0.300. The van der Waals surface area contributed by atoms with Crippen molar-refractivity contribution in [3.05, 3.63) is 72.3 Å². The molecule has 3 aromatic rings. The van der Waals surface area contributed by atoms with Gasteiger partial charge in [-0.05, 0) is 0 Å². The van der Waals surface area contributed by atoms with E-state index in [0.29, 0.717) is 5.41 Å². The van der Waals surface area contributed by atoms with Gasteiger partial charge in [-0.3, -0.25) is 0 Å². The van der Waals surface area contributed by atoms with Gasteiger partial charge in [0.15, 0.2) is 0 Å². The van der Waals surface area contributed by atoms with Gasteiger partial charge in [0.1, 0.15) is 0 Å². The van der Waals surface area contributed by atoms with E-state index in [4.69, 9.17) is 17.2 Å². The van der Waals surface area contributed by atoms with Gasteiger partial charge in [-0.1, -0.05) is 32.3 Å². The van der Waals surface area contributed by atoms with Crippen LogP contribution in [0.5, 0.6) is 0 Å². The van der Waals surface area contributed by atoms with Crippen LogP contribution >= 0.6 is 17.2 Å². The zero-order valence-electron chi connectivity index (χ0n) is 15.1. The Morgan fingerprint density at radius 1 is 0.958 bits per heavy atom. The van der Waals surface area contributed by atoms with Crippen LogP contribution in [0.4, 0.5) is 0 Å². The molecule has 0 fully saturated rings. The third-order valence-electron chi connectivity index (χ3n) is 3.45. The number of rotatable bonds is 0. The van der Waals surface area contributed by atoms with Crippen molar-refractivity contribution in [2.24, 2.45) is 0 Å². The Morgan fingerprint density at radius 3 is 2.00 bits per heavy atom. The number of fused-ring (bicyclic) bond motifs is 1. The average molecular weight is 544 g/mol. The summed E-state index contributed by atoms with van der Waals surface area (Å²) in [7, 11) is 11.3. The van der Waals surface area contributed by atoms with E-state index in [0.717, 1.165) is 0 Å². The van der Waals surface area contributed by atoms with Gasteiger partial charge in [0.05, 0.1) is 0 Å². The Morgan fingerprint density at radius 2 is 1.58 bits per heavy atom. The van der Waals surface area contributed by atoms with Crippen LogP contribution in [-0.2, 0) is 23.1 Å². The van der Waals surface area contributed by atoms with E-state index in [9.17, 15) is 0 Å². The van der Waals surface area contributed by atoms with Crippen molar-refractivity contribution < 1.29 is 17.7 Å². The predicted molar refractivity (Wildman–Crippen MR) is 109 cm³/mol. The second kappa shape index (κ2) is 10.8. The first-order valence-electron chi connectivity index (χ1n) is 8.03. The van der Waals surface area contributed by atoms with Gasteiger partial charge in [0, 0.05) is 0 Å². The van der Waals surface area contributed by atoms with Crippen LogP contribution in [0, 0.1) is 0 Å². The fourth-order valence-corrected chi connectivity index (χ4v) is 1.94. The standard InChI is InChI=1S/C9H7.C9H13.C2H6Si.2ClH.Hf/c1-2-5-9-7-3-6-8(9)4-1;1-9(2,3)8-6-4-5-7-8;1-3-2;;;/h1-7H;4-7H,1-3H3;1-2H3;2*1H;/q2*-1;;;;+2/p-2. The summed E-state index contributed by atoms with van der Waals surface area (Å²) < 4.78 is 0. The molecule has 0 aromatic heterocycles. The molecule has 0 unspecified atom stereocenters. The van der Waals surface area contributed by atoms with E-state index in [1.807, 2.05) is 0 Å². The first-order valence-corrected chi connectivity index (χ1v) is 24.8. The van der Waals surface area contributed by atoms with Crippen molar-refractivity contribution in [1.82, 2.24) is 0 Å². The third kappa shape index (κ3) is 8.29. The van der Waals surface area contributed by atoms with Crippen LogP contribution in [0.3, 0.4) is 0 Å². The minimum atomic E-state index is -1.78. The van der Waals surface area contributed by atoms with E-state index in [1.54, 1.807) is 0 Å². The molecule has 0 aliphatic carbocycles. The third-order valence-corrected chi connectivity index (χ3v) is 30.9. The Labute approximate surface area is 161 Å². The number of hydrogen-bond acceptors (Lipinski definition) is 0. The molecule has 0 atom stereocenters. The van der Waals surface area contributed by atoms with Crippen molar-refractivity contribution >= 4 is 33.4 Å². The summed E-state index contributed by atoms with van der Waals surface area (Å²) in [5.74, 6) is 0. The van der Waals surface area contributed by atoms with E-state index >= 15 is 0 Å². The second-order valence-corrected chi connectivity index (χ2v) is 38.5. The summed E-state index contributed by atoms with van der Waals surface area (Å²) in [5.41, 5.74) is 1.53. The first-order chi connectivity index (χ1) is 11.2. The number of benzene rings is 1. The van der Waals surface area contributed by atoms with Gasteiger partial charge >= 0.3 is 53.4 Å². The van der Waals surface area contributed by atoms with E-state index < -0.39 is 17.7 Å². The van der Waals surface area contributed by atoms with Crippen LogP contribution in [0.25, 0.3) is 10.8 Å². The molecule has 24 heavy (non-hydrogen) atoms. The molecule has 0 heterocycles. The first kappa shape index (κ1) is 21.9. The van der Waals surface area contributed by atoms with Gasteiger partial charge in [-0.2, -0.15) is 41.3 Å². The zero-order valence-corrected chi connectivity index (χ0v) is 21.2. The van der Waals surface area contributed by atoms with E-state index in [2.05, 4.69) is 101 Å². The van der Waals surface area contributed by atoms with Gasteiger partial charge < -0.3 is 0 Å². The summed E-state index contributed by atoms with van der Waals surface area (Å²) >= 11 is -1.78. The quantitative estimate of drug-likeness (QED) is 0.204. The van der Waals surface area contributed by atoms with E-state index in [1.165, 1.54) is 16.3 Å². The van der Waals surface area contributed by atoms with Crippen molar-refractivity contribution in [2.45, 2.75) is 39.3 Å². The number of halogens is 2. The maximum absolute atomic E-state index is 5.64. The molecule has 0 spiro atoms. The van der Waals surface area contributed by atoms with Crippen LogP contribution < -0.4 is 0 Å².